The highest BCUT2D eigenvalue weighted by Gasteiger charge is 2.16. The van der Waals surface area contributed by atoms with Gasteiger partial charge < -0.3 is 4.42 Å². The van der Waals surface area contributed by atoms with Crippen molar-refractivity contribution < 1.29 is 9.21 Å². The lowest BCUT2D eigenvalue weighted by molar-refractivity contribution is -0.113. The van der Waals surface area contributed by atoms with Crippen molar-refractivity contribution in [3.05, 3.63) is 46.6 Å². The monoisotopic (exact) mass is 411 g/mol. The van der Waals surface area contributed by atoms with Crippen molar-refractivity contribution >= 4 is 45.2 Å². The summed E-state index contributed by atoms with van der Waals surface area (Å²) in [4.78, 5) is 23.5. The maximum atomic E-state index is 12.3. The van der Waals surface area contributed by atoms with Crippen LogP contribution in [0, 0.1) is 20.8 Å². The van der Waals surface area contributed by atoms with Crippen molar-refractivity contribution in [3.63, 3.8) is 0 Å². The lowest BCUT2D eigenvalue weighted by Gasteiger charge is -2.04. The molecule has 4 rings (SSSR count). The van der Waals surface area contributed by atoms with E-state index in [1.165, 1.54) is 16.6 Å². The van der Waals surface area contributed by atoms with Gasteiger partial charge in [0, 0.05) is 15.8 Å². The number of fused-ring (bicyclic) bond motifs is 1. The van der Waals surface area contributed by atoms with Crippen molar-refractivity contribution in [3.8, 4) is 11.5 Å². The van der Waals surface area contributed by atoms with Crippen LogP contribution < -0.4 is 5.32 Å². The number of nitrogens with one attached hydrogen (secondary N) is 1. The Hall–Kier alpha value is -2.78. The molecule has 0 fully saturated rings. The number of carbonyl (C=O) groups is 1. The van der Waals surface area contributed by atoms with Crippen LogP contribution in [0.5, 0.6) is 0 Å². The van der Waals surface area contributed by atoms with Gasteiger partial charge in [0.15, 0.2) is 0 Å². The van der Waals surface area contributed by atoms with Gasteiger partial charge in [-0.25, -0.2) is 9.97 Å². The van der Waals surface area contributed by atoms with Gasteiger partial charge >= 0.3 is 6.01 Å². The number of aryl methyl sites for hydroxylation is 3. The van der Waals surface area contributed by atoms with Gasteiger partial charge in [-0.1, -0.05) is 35.1 Å². The number of nitrogens with zero attached hydrogens (tertiary/aromatic N) is 4. The summed E-state index contributed by atoms with van der Waals surface area (Å²) in [6.07, 6.45) is 0. The summed E-state index contributed by atoms with van der Waals surface area (Å²) >= 11 is 3.02. The van der Waals surface area contributed by atoms with Gasteiger partial charge in [-0.15, -0.1) is 16.4 Å². The highest BCUT2D eigenvalue weighted by atomic mass is 32.2. The molecule has 1 N–H and O–H groups in total. The molecule has 0 aliphatic rings. The number of thiophene rings is 1. The van der Waals surface area contributed by atoms with E-state index in [4.69, 9.17) is 4.42 Å². The zero-order valence-electron chi connectivity index (χ0n) is 15.5. The van der Waals surface area contributed by atoms with Crippen LogP contribution >= 0.6 is 23.1 Å². The predicted molar refractivity (Wildman–Crippen MR) is 111 cm³/mol. The number of hydrogen-bond donors (Lipinski definition) is 1. The quantitative estimate of drug-likeness (QED) is 0.384. The molecule has 1 amide bonds. The van der Waals surface area contributed by atoms with Crippen LogP contribution in [0.25, 0.3) is 21.7 Å². The second-order valence-corrected chi connectivity index (χ2v) is 8.32. The van der Waals surface area contributed by atoms with E-state index in [9.17, 15) is 4.79 Å². The number of thioether (sulfide) groups is 1. The molecule has 1 aromatic carbocycles. The highest BCUT2D eigenvalue weighted by molar-refractivity contribution is 8.00. The Morgan fingerprint density at radius 1 is 1.14 bits per heavy atom. The number of aromatic nitrogens is 4. The number of carbonyl (C=O) groups excluding carboxylic acids is 1. The lowest BCUT2D eigenvalue weighted by Crippen LogP contribution is -2.14. The van der Waals surface area contributed by atoms with Crippen LogP contribution in [-0.4, -0.2) is 31.8 Å². The Kier molecular flexibility index (Phi) is 5.10. The summed E-state index contributed by atoms with van der Waals surface area (Å²) in [5.74, 6) is 1.01. The molecule has 142 valence electrons. The van der Waals surface area contributed by atoms with Gasteiger partial charge in [-0.05, 0) is 38.5 Å². The Morgan fingerprint density at radius 2 is 1.93 bits per heavy atom. The van der Waals surface area contributed by atoms with Gasteiger partial charge in [0.2, 0.25) is 11.8 Å². The fourth-order valence-corrected chi connectivity index (χ4v) is 4.75. The first-order chi connectivity index (χ1) is 13.5. The summed E-state index contributed by atoms with van der Waals surface area (Å²) in [6.45, 7) is 5.98. The van der Waals surface area contributed by atoms with Crippen molar-refractivity contribution in [1.82, 2.24) is 20.2 Å². The zero-order chi connectivity index (χ0) is 19.7. The van der Waals surface area contributed by atoms with Gasteiger partial charge in [-0.3, -0.25) is 10.1 Å². The maximum Gasteiger partial charge on any atom is 0.322 e. The summed E-state index contributed by atoms with van der Waals surface area (Å²) in [5.41, 5.74) is 1.96. The SMILES string of the molecule is Cc1nc(SCC(=O)Nc2nnc(-c3ccccc3)o2)c2c(C)c(C)sc2n1. The van der Waals surface area contributed by atoms with E-state index < -0.39 is 0 Å². The molecule has 3 heterocycles. The van der Waals surface area contributed by atoms with E-state index in [0.29, 0.717) is 11.7 Å². The number of hydrogen-bond acceptors (Lipinski definition) is 8. The van der Waals surface area contributed by atoms with Crippen LogP contribution in [0.2, 0.25) is 0 Å². The molecule has 0 aliphatic heterocycles. The van der Waals surface area contributed by atoms with Crippen molar-refractivity contribution in [1.29, 1.82) is 0 Å². The summed E-state index contributed by atoms with van der Waals surface area (Å²) in [7, 11) is 0. The Morgan fingerprint density at radius 3 is 2.71 bits per heavy atom. The molecule has 0 radical (unpaired) electrons. The standard InChI is InChI=1S/C19H17N5O2S2/c1-10-11(2)28-18-15(10)17(20-12(3)21-18)27-9-14(25)22-19-24-23-16(26-19)13-7-5-4-6-8-13/h4-8H,9H2,1-3H3,(H,22,24,25). The molecule has 3 aromatic heterocycles. The number of amides is 1. The average molecular weight is 412 g/mol. The highest BCUT2D eigenvalue weighted by Crippen LogP contribution is 2.35. The largest absolute Gasteiger partial charge is 0.403 e. The Labute approximate surface area is 169 Å². The molecule has 28 heavy (non-hydrogen) atoms. The van der Waals surface area contributed by atoms with Crippen LogP contribution in [0.4, 0.5) is 6.01 Å². The van der Waals surface area contributed by atoms with Crippen molar-refractivity contribution in [2.45, 2.75) is 25.8 Å². The van der Waals surface area contributed by atoms with Crippen molar-refractivity contribution in [2.75, 3.05) is 11.1 Å². The Bertz CT molecular complexity index is 1150. The van der Waals surface area contributed by atoms with E-state index >= 15 is 0 Å². The fourth-order valence-electron chi connectivity index (χ4n) is 2.68. The normalized spacial score (nSPS) is 11.1. The molecule has 0 atom stereocenters. The summed E-state index contributed by atoms with van der Waals surface area (Å²) in [6, 6.07) is 9.48. The minimum atomic E-state index is -0.234. The molecule has 0 saturated carbocycles. The molecule has 0 bridgehead atoms. The molecule has 0 unspecified atom stereocenters. The molecule has 7 nitrogen and oxygen atoms in total. The van der Waals surface area contributed by atoms with Gasteiger partial charge in [0.25, 0.3) is 0 Å². The second kappa shape index (κ2) is 7.69. The average Bonchev–Trinajstić information content (AvgIpc) is 3.25. The Balaban J connectivity index is 1.46. The zero-order valence-corrected chi connectivity index (χ0v) is 17.1. The maximum absolute atomic E-state index is 12.3. The third kappa shape index (κ3) is 3.76. The summed E-state index contributed by atoms with van der Waals surface area (Å²) < 4.78 is 5.52. The van der Waals surface area contributed by atoms with Gasteiger partial charge in [0.05, 0.1) is 5.75 Å². The second-order valence-electron chi connectivity index (χ2n) is 6.15. The molecular weight excluding hydrogens is 394 g/mol. The van der Waals surface area contributed by atoms with Gasteiger partial charge in [0.1, 0.15) is 15.7 Å². The molecule has 0 saturated heterocycles. The van der Waals surface area contributed by atoms with Crippen molar-refractivity contribution in [2.24, 2.45) is 0 Å². The van der Waals surface area contributed by atoms with Crippen LogP contribution in [0.3, 0.4) is 0 Å². The van der Waals surface area contributed by atoms with Crippen LogP contribution in [0.1, 0.15) is 16.3 Å². The van der Waals surface area contributed by atoms with E-state index in [-0.39, 0.29) is 17.7 Å². The first-order valence-electron chi connectivity index (χ1n) is 8.57. The van der Waals surface area contributed by atoms with Crippen LogP contribution in [0.15, 0.2) is 39.8 Å². The topological polar surface area (TPSA) is 93.8 Å². The van der Waals surface area contributed by atoms with E-state index in [1.807, 2.05) is 37.3 Å². The number of anilines is 1. The van der Waals surface area contributed by atoms with Gasteiger partial charge in [-0.2, -0.15) is 0 Å². The fraction of sp³-hybridized carbons (Fsp3) is 0.211. The lowest BCUT2D eigenvalue weighted by atomic mass is 10.2. The minimum absolute atomic E-state index is 0.0797. The number of rotatable bonds is 5. The minimum Gasteiger partial charge on any atom is -0.403 e. The first-order valence-corrected chi connectivity index (χ1v) is 10.4. The summed E-state index contributed by atoms with van der Waals surface area (Å²) in [5, 5.41) is 12.3. The van der Waals surface area contributed by atoms with E-state index in [0.717, 1.165) is 26.4 Å². The molecule has 9 heteroatoms. The molecule has 0 aliphatic carbocycles. The van der Waals surface area contributed by atoms with Crippen LogP contribution in [-0.2, 0) is 4.79 Å². The van der Waals surface area contributed by atoms with E-state index in [1.54, 1.807) is 11.3 Å². The number of benzene rings is 1. The molecular formula is C19H17N5O2S2. The smallest absolute Gasteiger partial charge is 0.322 e. The molecule has 4 aromatic rings. The molecule has 0 spiro atoms. The van der Waals surface area contributed by atoms with E-state index in [2.05, 4.69) is 39.3 Å². The predicted octanol–water partition coefficient (Wildman–Crippen LogP) is 4.40. The third-order valence-corrected chi connectivity index (χ3v) is 6.22. The third-order valence-electron chi connectivity index (χ3n) is 4.14. The first kappa shape index (κ1) is 18.6.